The van der Waals surface area contributed by atoms with Gasteiger partial charge in [-0.3, -0.25) is 0 Å². The molecule has 6 rings (SSSR count). The molecule has 0 spiro atoms. The number of ether oxygens (including phenoxy) is 2. The maximum atomic E-state index is 12.7. The van der Waals surface area contributed by atoms with E-state index < -0.39 is 0 Å². The number of hydrogen-bond donors (Lipinski definition) is 2. The Hall–Kier alpha value is -4.29. The third-order valence-electron chi connectivity index (χ3n) is 8.55. The minimum absolute atomic E-state index is 0.252. The molecule has 0 radical (unpaired) electrons. The Bertz CT molecular complexity index is 1480. The molecule has 0 aromatic heterocycles. The number of amides is 2. The van der Waals surface area contributed by atoms with Gasteiger partial charge < -0.3 is 25.0 Å². The van der Waals surface area contributed by atoms with Crippen molar-refractivity contribution in [2.45, 2.75) is 38.0 Å². The molecule has 1 atom stereocenters. The van der Waals surface area contributed by atoms with E-state index in [4.69, 9.17) is 9.47 Å². The van der Waals surface area contributed by atoms with Gasteiger partial charge in [0.2, 0.25) is 0 Å². The number of carbonyl (C=O) groups excluding carboxylic acids is 1. The van der Waals surface area contributed by atoms with Gasteiger partial charge in [-0.25, -0.2) is 4.79 Å². The second kappa shape index (κ2) is 13.1. The van der Waals surface area contributed by atoms with Crippen LogP contribution in [0.25, 0.3) is 0 Å². The van der Waals surface area contributed by atoms with Crippen LogP contribution in [0.3, 0.4) is 0 Å². The molecule has 1 aliphatic heterocycles. The third kappa shape index (κ3) is 7.12. The van der Waals surface area contributed by atoms with Gasteiger partial charge in [-0.2, -0.15) is 0 Å². The van der Waals surface area contributed by atoms with Gasteiger partial charge in [0.15, 0.2) is 0 Å². The SMILES string of the molecule is COc1cccc(C2CCN(CC3CCc4cc(NC(=O)Nc5ccc(Oc6ccccc6)cc5)ccc4C3)CC2)c1. The summed E-state index contributed by atoms with van der Waals surface area (Å²) in [5, 5.41) is 5.92. The number of nitrogens with zero attached hydrogens (tertiary/aromatic N) is 1. The summed E-state index contributed by atoms with van der Waals surface area (Å²) in [7, 11) is 1.74. The molecule has 216 valence electrons. The van der Waals surface area contributed by atoms with Crippen LogP contribution in [0.5, 0.6) is 17.2 Å². The van der Waals surface area contributed by atoms with Gasteiger partial charge in [-0.15, -0.1) is 0 Å². The van der Waals surface area contributed by atoms with E-state index in [2.05, 4.69) is 45.9 Å². The number of urea groups is 1. The molecule has 1 saturated heterocycles. The Labute approximate surface area is 248 Å². The summed E-state index contributed by atoms with van der Waals surface area (Å²) in [6, 6.07) is 31.7. The molecule has 42 heavy (non-hydrogen) atoms. The summed E-state index contributed by atoms with van der Waals surface area (Å²) in [5.41, 5.74) is 5.71. The quantitative estimate of drug-likeness (QED) is 0.228. The average molecular weight is 562 g/mol. The van der Waals surface area contributed by atoms with Gasteiger partial charge in [-0.05, 0) is 134 Å². The lowest BCUT2D eigenvalue weighted by molar-refractivity contribution is 0.175. The molecule has 6 heteroatoms. The zero-order chi connectivity index (χ0) is 28.7. The number of methoxy groups -OCH3 is 1. The highest BCUT2D eigenvalue weighted by Crippen LogP contribution is 2.33. The highest BCUT2D eigenvalue weighted by Gasteiger charge is 2.25. The first-order valence-electron chi connectivity index (χ1n) is 15.0. The summed E-state index contributed by atoms with van der Waals surface area (Å²) in [6.45, 7) is 3.49. The summed E-state index contributed by atoms with van der Waals surface area (Å²) in [6.07, 6.45) is 5.77. The summed E-state index contributed by atoms with van der Waals surface area (Å²) in [4.78, 5) is 15.3. The predicted octanol–water partition coefficient (Wildman–Crippen LogP) is 8.12. The molecule has 0 bridgehead atoms. The van der Waals surface area contributed by atoms with E-state index in [9.17, 15) is 4.79 Å². The van der Waals surface area contributed by atoms with Gasteiger partial charge in [0.25, 0.3) is 0 Å². The molecule has 6 nitrogen and oxygen atoms in total. The van der Waals surface area contributed by atoms with Crippen LogP contribution >= 0.6 is 0 Å². The van der Waals surface area contributed by atoms with E-state index in [1.165, 1.54) is 42.5 Å². The first-order valence-corrected chi connectivity index (χ1v) is 15.0. The number of hydrogen-bond acceptors (Lipinski definition) is 4. The minimum Gasteiger partial charge on any atom is -0.497 e. The van der Waals surface area contributed by atoms with E-state index >= 15 is 0 Å². The van der Waals surface area contributed by atoms with E-state index in [1.807, 2.05) is 66.7 Å². The monoisotopic (exact) mass is 561 g/mol. The third-order valence-corrected chi connectivity index (χ3v) is 8.55. The fourth-order valence-electron chi connectivity index (χ4n) is 6.30. The summed E-state index contributed by atoms with van der Waals surface area (Å²) < 4.78 is 11.3. The van der Waals surface area contributed by atoms with Crippen molar-refractivity contribution in [1.29, 1.82) is 0 Å². The van der Waals surface area contributed by atoms with Crippen molar-refractivity contribution in [2.75, 3.05) is 37.4 Å². The Morgan fingerprint density at radius 3 is 2.26 bits per heavy atom. The number of aryl methyl sites for hydroxylation is 1. The van der Waals surface area contributed by atoms with Crippen molar-refractivity contribution in [3.05, 3.63) is 114 Å². The van der Waals surface area contributed by atoms with Crippen LogP contribution in [0, 0.1) is 5.92 Å². The van der Waals surface area contributed by atoms with Crippen LogP contribution in [0.4, 0.5) is 16.2 Å². The van der Waals surface area contributed by atoms with E-state index in [0.717, 1.165) is 48.9 Å². The lowest BCUT2D eigenvalue weighted by Gasteiger charge is -2.36. The van der Waals surface area contributed by atoms with Gasteiger partial charge in [0.1, 0.15) is 17.2 Å². The zero-order valence-electron chi connectivity index (χ0n) is 24.2. The molecule has 2 N–H and O–H groups in total. The molecular formula is C36H39N3O3. The first kappa shape index (κ1) is 27.9. The maximum Gasteiger partial charge on any atom is 0.323 e. The number of rotatable bonds is 8. The van der Waals surface area contributed by atoms with Crippen LogP contribution in [0.15, 0.2) is 97.1 Å². The number of carbonyl (C=O) groups is 1. The molecule has 4 aromatic rings. The fourth-order valence-corrected chi connectivity index (χ4v) is 6.30. The molecule has 1 heterocycles. The maximum absolute atomic E-state index is 12.7. The van der Waals surface area contributed by atoms with Gasteiger partial charge in [0, 0.05) is 17.9 Å². The van der Waals surface area contributed by atoms with E-state index in [-0.39, 0.29) is 6.03 Å². The van der Waals surface area contributed by atoms with Crippen LogP contribution in [-0.4, -0.2) is 37.7 Å². The standard InChI is InChI=1S/C36H39N3O3/c1-41-35-9-5-6-28(24-35)27-18-20-39(21-19-27)25-26-10-11-30-23-32(13-12-29(30)22-26)38-36(40)37-31-14-16-34(17-15-31)42-33-7-3-2-4-8-33/h2-9,12-17,23-24,26-27H,10-11,18-22,25H2,1H3,(H2,37,38,40). The predicted molar refractivity (Wildman–Crippen MR) is 169 cm³/mol. The first-order chi connectivity index (χ1) is 20.6. The minimum atomic E-state index is -0.252. The van der Waals surface area contributed by atoms with Crippen molar-refractivity contribution >= 4 is 17.4 Å². The molecule has 2 aliphatic rings. The van der Waals surface area contributed by atoms with E-state index in [1.54, 1.807) is 7.11 Å². The van der Waals surface area contributed by atoms with Crippen molar-refractivity contribution in [1.82, 2.24) is 4.90 Å². The molecule has 1 unspecified atom stereocenters. The lowest BCUT2D eigenvalue weighted by Crippen LogP contribution is -2.38. The smallest absolute Gasteiger partial charge is 0.323 e. The number of anilines is 2. The zero-order valence-corrected chi connectivity index (χ0v) is 24.2. The van der Waals surface area contributed by atoms with Crippen LogP contribution in [0.1, 0.15) is 41.9 Å². The molecule has 1 aliphatic carbocycles. The van der Waals surface area contributed by atoms with Crippen molar-refractivity contribution < 1.29 is 14.3 Å². The van der Waals surface area contributed by atoms with Gasteiger partial charge in [0.05, 0.1) is 7.11 Å². The second-order valence-corrected chi connectivity index (χ2v) is 11.5. The molecular weight excluding hydrogens is 522 g/mol. The molecule has 1 fully saturated rings. The van der Waals surface area contributed by atoms with Crippen molar-refractivity contribution in [3.8, 4) is 17.2 Å². The number of likely N-dealkylation sites (tertiary alicyclic amines) is 1. The fraction of sp³-hybridized carbons (Fsp3) is 0.306. The Morgan fingerprint density at radius 1 is 0.762 bits per heavy atom. The summed E-state index contributed by atoms with van der Waals surface area (Å²) in [5.74, 6) is 3.76. The largest absolute Gasteiger partial charge is 0.497 e. The highest BCUT2D eigenvalue weighted by molar-refractivity contribution is 5.99. The molecule has 2 amide bonds. The Kier molecular flexibility index (Phi) is 8.71. The lowest BCUT2D eigenvalue weighted by atomic mass is 9.82. The highest BCUT2D eigenvalue weighted by atomic mass is 16.5. The summed E-state index contributed by atoms with van der Waals surface area (Å²) >= 11 is 0. The number of fused-ring (bicyclic) bond motifs is 1. The molecule has 4 aromatic carbocycles. The number of piperidine rings is 1. The number of para-hydroxylation sites is 1. The normalized spacial score (nSPS) is 17.2. The topological polar surface area (TPSA) is 62.8 Å². The van der Waals surface area contributed by atoms with Gasteiger partial charge >= 0.3 is 6.03 Å². The van der Waals surface area contributed by atoms with Crippen LogP contribution in [0.2, 0.25) is 0 Å². The Balaban J connectivity index is 0.964. The van der Waals surface area contributed by atoms with Gasteiger partial charge in [-0.1, -0.05) is 36.4 Å². The van der Waals surface area contributed by atoms with Crippen molar-refractivity contribution in [3.63, 3.8) is 0 Å². The van der Waals surface area contributed by atoms with Crippen LogP contribution < -0.4 is 20.1 Å². The molecule has 0 saturated carbocycles. The van der Waals surface area contributed by atoms with Crippen molar-refractivity contribution in [2.24, 2.45) is 5.92 Å². The number of benzene rings is 4. The number of nitrogens with one attached hydrogen (secondary N) is 2. The second-order valence-electron chi connectivity index (χ2n) is 11.5. The Morgan fingerprint density at radius 2 is 1.48 bits per heavy atom. The van der Waals surface area contributed by atoms with Crippen LogP contribution in [-0.2, 0) is 12.8 Å². The average Bonchev–Trinajstić information content (AvgIpc) is 3.03. The van der Waals surface area contributed by atoms with E-state index in [0.29, 0.717) is 17.5 Å².